The summed E-state index contributed by atoms with van der Waals surface area (Å²) < 4.78 is 26.8. The number of benzene rings is 2. The minimum absolute atomic E-state index is 0.0272. The monoisotopic (exact) mass is 398 g/mol. The van der Waals surface area contributed by atoms with Crippen LogP contribution in [-0.2, 0) is 15.0 Å². The molecule has 0 bridgehead atoms. The highest BCUT2D eigenvalue weighted by Crippen LogP contribution is 2.48. The predicted molar refractivity (Wildman–Crippen MR) is 105 cm³/mol. The highest BCUT2D eigenvalue weighted by Gasteiger charge is 2.53. The quantitative estimate of drug-likeness (QED) is 0.835. The number of amides is 2. The second-order valence-corrected chi connectivity index (χ2v) is 8.35. The lowest BCUT2D eigenvalue weighted by atomic mass is 9.97. The zero-order chi connectivity index (χ0) is 20.8. The highest BCUT2D eigenvalue weighted by molar-refractivity contribution is 5.89. The predicted octanol–water partition coefficient (Wildman–Crippen LogP) is 3.72. The van der Waals surface area contributed by atoms with Gasteiger partial charge in [-0.05, 0) is 36.6 Å². The molecule has 1 N–H and O–H groups in total. The van der Waals surface area contributed by atoms with Crippen LogP contribution in [0, 0.1) is 17.6 Å². The van der Waals surface area contributed by atoms with E-state index < -0.39 is 23.0 Å². The second-order valence-electron chi connectivity index (χ2n) is 8.35. The zero-order valence-corrected chi connectivity index (χ0v) is 16.5. The number of likely N-dealkylation sites (tertiary alicyclic amines) is 1. The topological polar surface area (TPSA) is 49.4 Å². The third-order valence-corrected chi connectivity index (χ3v) is 6.41. The fraction of sp³-hybridized carbons (Fsp3) is 0.391. The molecule has 1 saturated carbocycles. The number of hydrogen-bond acceptors (Lipinski definition) is 2. The van der Waals surface area contributed by atoms with E-state index in [1.807, 2.05) is 44.2 Å². The van der Waals surface area contributed by atoms with Crippen molar-refractivity contribution in [2.45, 2.75) is 44.2 Å². The first-order chi connectivity index (χ1) is 13.8. The molecule has 1 aliphatic heterocycles. The van der Waals surface area contributed by atoms with Crippen LogP contribution in [0.3, 0.4) is 0 Å². The van der Waals surface area contributed by atoms with Crippen molar-refractivity contribution in [3.05, 3.63) is 71.3 Å². The number of halogens is 2. The van der Waals surface area contributed by atoms with Crippen molar-refractivity contribution in [3.8, 4) is 0 Å². The molecule has 2 amide bonds. The summed E-state index contributed by atoms with van der Waals surface area (Å²) in [5.74, 6) is -2.34. The second kappa shape index (κ2) is 7.25. The molecule has 2 aliphatic rings. The van der Waals surface area contributed by atoms with Crippen LogP contribution in [0.25, 0.3) is 0 Å². The standard InChI is InChI=1S/C23H24F2N2O2/c1-14(15-6-4-3-5-7-15)27-13-16(10-21(27)28)22(29)26-20-12-23(20,2)17-8-9-18(24)19(25)11-17/h3-9,11,14,16,20H,10,12-13H2,1-2H3,(H,26,29). The summed E-state index contributed by atoms with van der Waals surface area (Å²) in [6, 6.07) is 13.4. The average molecular weight is 398 g/mol. The maximum absolute atomic E-state index is 13.6. The number of rotatable bonds is 5. The van der Waals surface area contributed by atoms with E-state index in [9.17, 15) is 18.4 Å². The molecule has 6 heteroatoms. The summed E-state index contributed by atoms with van der Waals surface area (Å²) in [5.41, 5.74) is 1.29. The SMILES string of the molecule is CC(c1ccccc1)N1CC(C(=O)NC2CC2(C)c2ccc(F)c(F)c2)CC1=O. The van der Waals surface area contributed by atoms with Gasteiger partial charge in [-0.15, -0.1) is 0 Å². The molecule has 2 aromatic carbocycles. The lowest BCUT2D eigenvalue weighted by Crippen LogP contribution is -2.37. The van der Waals surface area contributed by atoms with Crippen LogP contribution in [-0.4, -0.2) is 29.3 Å². The molecule has 0 radical (unpaired) electrons. The van der Waals surface area contributed by atoms with Crippen molar-refractivity contribution in [2.24, 2.45) is 5.92 Å². The fourth-order valence-electron chi connectivity index (χ4n) is 4.23. The zero-order valence-electron chi connectivity index (χ0n) is 16.5. The van der Waals surface area contributed by atoms with Crippen molar-refractivity contribution < 1.29 is 18.4 Å². The molecule has 4 atom stereocenters. The van der Waals surface area contributed by atoms with Gasteiger partial charge in [-0.2, -0.15) is 0 Å². The van der Waals surface area contributed by atoms with Crippen LogP contribution in [0.4, 0.5) is 8.78 Å². The number of nitrogens with one attached hydrogen (secondary N) is 1. The molecule has 1 aliphatic carbocycles. The van der Waals surface area contributed by atoms with Gasteiger partial charge in [-0.3, -0.25) is 9.59 Å². The summed E-state index contributed by atoms with van der Waals surface area (Å²) in [4.78, 5) is 27.0. The Hall–Kier alpha value is -2.76. The summed E-state index contributed by atoms with van der Waals surface area (Å²) in [6.07, 6.45) is 0.853. The van der Waals surface area contributed by atoms with Crippen LogP contribution in [0.5, 0.6) is 0 Å². The molecule has 0 spiro atoms. The Kier molecular flexibility index (Phi) is 4.89. The van der Waals surface area contributed by atoms with Crippen LogP contribution in [0.15, 0.2) is 48.5 Å². The molecule has 4 unspecified atom stereocenters. The number of carbonyl (C=O) groups is 2. The van der Waals surface area contributed by atoms with Gasteiger partial charge in [-0.25, -0.2) is 8.78 Å². The van der Waals surface area contributed by atoms with Crippen LogP contribution in [0.1, 0.15) is 43.9 Å². The van der Waals surface area contributed by atoms with Crippen molar-refractivity contribution in [1.82, 2.24) is 10.2 Å². The summed E-state index contributed by atoms with van der Waals surface area (Å²) >= 11 is 0. The molecule has 4 nitrogen and oxygen atoms in total. The van der Waals surface area contributed by atoms with Gasteiger partial charge in [0.05, 0.1) is 12.0 Å². The first kappa shape index (κ1) is 19.6. The normalized spacial score (nSPS) is 27.0. The Morgan fingerprint density at radius 2 is 1.90 bits per heavy atom. The van der Waals surface area contributed by atoms with Crippen molar-refractivity contribution in [2.75, 3.05) is 6.54 Å². The van der Waals surface area contributed by atoms with E-state index >= 15 is 0 Å². The maximum atomic E-state index is 13.6. The maximum Gasteiger partial charge on any atom is 0.225 e. The van der Waals surface area contributed by atoms with Gasteiger partial charge in [0.2, 0.25) is 11.8 Å². The fourth-order valence-corrected chi connectivity index (χ4v) is 4.23. The molecule has 152 valence electrons. The van der Waals surface area contributed by atoms with Gasteiger partial charge in [0.1, 0.15) is 0 Å². The smallest absolute Gasteiger partial charge is 0.225 e. The molecule has 29 heavy (non-hydrogen) atoms. The Labute approximate surface area is 168 Å². The first-order valence-electron chi connectivity index (χ1n) is 9.90. The van der Waals surface area contributed by atoms with E-state index in [1.54, 1.807) is 11.0 Å². The highest BCUT2D eigenvalue weighted by atomic mass is 19.2. The van der Waals surface area contributed by atoms with Gasteiger partial charge in [0.25, 0.3) is 0 Å². The van der Waals surface area contributed by atoms with Gasteiger partial charge < -0.3 is 10.2 Å². The van der Waals surface area contributed by atoms with Gasteiger partial charge >= 0.3 is 0 Å². The molecular weight excluding hydrogens is 374 g/mol. The summed E-state index contributed by atoms with van der Waals surface area (Å²) in [6.45, 7) is 4.28. The minimum Gasteiger partial charge on any atom is -0.352 e. The van der Waals surface area contributed by atoms with E-state index in [1.165, 1.54) is 6.07 Å². The largest absolute Gasteiger partial charge is 0.352 e. The Morgan fingerprint density at radius 1 is 1.17 bits per heavy atom. The summed E-state index contributed by atoms with van der Waals surface area (Å²) in [7, 11) is 0. The Balaban J connectivity index is 1.39. The van der Waals surface area contributed by atoms with Crippen molar-refractivity contribution in [3.63, 3.8) is 0 Å². The van der Waals surface area contributed by atoms with E-state index in [-0.39, 0.29) is 30.3 Å². The summed E-state index contributed by atoms with van der Waals surface area (Å²) in [5, 5.41) is 3.00. The van der Waals surface area contributed by atoms with Crippen molar-refractivity contribution in [1.29, 1.82) is 0 Å². The van der Waals surface area contributed by atoms with Crippen LogP contribution >= 0.6 is 0 Å². The lowest BCUT2D eigenvalue weighted by molar-refractivity contribution is -0.130. The number of nitrogens with zero attached hydrogens (tertiary/aromatic N) is 1. The molecule has 1 heterocycles. The average Bonchev–Trinajstić information content (AvgIpc) is 3.19. The van der Waals surface area contributed by atoms with E-state index in [2.05, 4.69) is 5.32 Å². The van der Waals surface area contributed by atoms with Gasteiger partial charge in [-0.1, -0.05) is 43.3 Å². The van der Waals surface area contributed by atoms with Crippen LogP contribution in [0.2, 0.25) is 0 Å². The lowest BCUT2D eigenvalue weighted by Gasteiger charge is -2.25. The van der Waals surface area contributed by atoms with Crippen LogP contribution < -0.4 is 5.32 Å². The van der Waals surface area contributed by atoms with E-state index in [4.69, 9.17) is 0 Å². The van der Waals surface area contributed by atoms with E-state index in [0.717, 1.165) is 11.6 Å². The third kappa shape index (κ3) is 3.63. The molecule has 4 rings (SSSR count). The third-order valence-electron chi connectivity index (χ3n) is 6.41. The Morgan fingerprint density at radius 3 is 2.59 bits per heavy atom. The van der Waals surface area contributed by atoms with Gasteiger partial charge in [0, 0.05) is 24.4 Å². The van der Waals surface area contributed by atoms with Gasteiger partial charge in [0.15, 0.2) is 11.6 Å². The Bertz CT molecular complexity index is 949. The molecule has 0 aromatic heterocycles. The molecule has 1 saturated heterocycles. The van der Waals surface area contributed by atoms with Crippen molar-refractivity contribution >= 4 is 11.8 Å². The molecule has 2 aromatic rings. The van der Waals surface area contributed by atoms with E-state index in [0.29, 0.717) is 18.5 Å². The molecular formula is C23H24F2N2O2. The number of hydrogen-bond donors (Lipinski definition) is 1. The number of carbonyl (C=O) groups excluding carboxylic acids is 2. The molecule has 2 fully saturated rings. The first-order valence-corrected chi connectivity index (χ1v) is 9.90. The minimum atomic E-state index is -0.882.